The van der Waals surface area contributed by atoms with Crippen LogP contribution in [0.4, 0.5) is 20.5 Å². The Balaban J connectivity index is 2.14. The average Bonchev–Trinajstić information content (AvgIpc) is 3.00. The highest BCUT2D eigenvalue weighted by Crippen LogP contribution is 2.34. The Kier molecular flexibility index (Phi) is 12.9. The predicted molar refractivity (Wildman–Crippen MR) is 178 cm³/mol. The third-order valence-electron chi connectivity index (χ3n) is 7.05. The Morgan fingerprint density at radius 1 is 1.05 bits per heavy atom. The first kappa shape index (κ1) is 33.8. The number of carbonyl (C=O) groups excluding carboxylic acids is 1. The Hall–Kier alpha value is -4.70. The summed E-state index contributed by atoms with van der Waals surface area (Å²) in [5.41, 5.74) is 3.67. The second-order valence-corrected chi connectivity index (χ2v) is 9.97. The normalized spacial score (nSPS) is 11.9. The first-order valence-corrected chi connectivity index (χ1v) is 14.7. The number of rotatable bonds is 15. The highest BCUT2D eigenvalue weighted by atomic mass is 19.1. The van der Waals surface area contributed by atoms with Gasteiger partial charge in [-0.15, -0.1) is 0 Å². The number of amidine groups is 1. The summed E-state index contributed by atoms with van der Waals surface area (Å²) in [6.07, 6.45) is 7.73. The number of benzene rings is 2. The number of anilines is 2. The van der Waals surface area contributed by atoms with E-state index in [1.807, 2.05) is 45.0 Å². The van der Waals surface area contributed by atoms with Gasteiger partial charge in [0.2, 0.25) is 12.4 Å². The molecule has 1 aromatic heterocycles. The molecule has 0 unspecified atom stereocenters. The Morgan fingerprint density at radius 3 is 2.39 bits per heavy atom. The van der Waals surface area contributed by atoms with E-state index in [0.29, 0.717) is 41.7 Å². The minimum Gasteiger partial charge on any atom is -0.354 e. The molecule has 0 radical (unpaired) electrons. The van der Waals surface area contributed by atoms with Gasteiger partial charge in [0.05, 0.1) is 5.69 Å². The Morgan fingerprint density at radius 2 is 1.73 bits per heavy atom. The topological polar surface area (TPSA) is 94.5 Å². The monoisotopic (exact) mass is 601 g/mol. The van der Waals surface area contributed by atoms with Crippen LogP contribution in [-0.4, -0.2) is 53.3 Å². The zero-order chi connectivity index (χ0) is 32.1. The zero-order valence-corrected chi connectivity index (χ0v) is 26.0. The van der Waals surface area contributed by atoms with E-state index in [0.717, 1.165) is 42.7 Å². The lowest BCUT2D eigenvalue weighted by Gasteiger charge is -2.19. The number of allylic oxidation sites excluding steroid dienone is 1. The van der Waals surface area contributed by atoms with Crippen molar-refractivity contribution in [1.82, 2.24) is 20.2 Å². The number of carbonyl (C=O) groups is 1. The van der Waals surface area contributed by atoms with Gasteiger partial charge in [0.1, 0.15) is 23.3 Å². The van der Waals surface area contributed by atoms with Gasteiger partial charge in [0.25, 0.3) is 0 Å². The van der Waals surface area contributed by atoms with Crippen LogP contribution in [0, 0.1) is 18.6 Å². The molecule has 0 aliphatic heterocycles. The second kappa shape index (κ2) is 16.8. The van der Waals surface area contributed by atoms with Gasteiger partial charge in [0, 0.05) is 40.7 Å². The molecule has 0 atom stereocenters. The first-order valence-electron chi connectivity index (χ1n) is 14.7. The fourth-order valence-electron chi connectivity index (χ4n) is 4.68. The molecule has 2 aromatic carbocycles. The molecule has 0 aliphatic carbocycles. The zero-order valence-electron chi connectivity index (χ0n) is 26.0. The molecule has 0 fully saturated rings. The maximum atomic E-state index is 14.5. The van der Waals surface area contributed by atoms with Crippen LogP contribution in [0.3, 0.4) is 0 Å². The molecule has 8 nitrogen and oxygen atoms in total. The van der Waals surface area contributed by atoms with E-state index in [1.165, 1.54) is 30.4 Å². The van der Waals surface area contributed by atoms with Crippen molar-refractivity contribution in [3.05, 3.63) is 89.1 Å². The third-order valence-corrected chi connectivity index (χ3v) is 7.05. The molecule has 44 heavy (non-hydrogen) atoms. The van der Waals surface area contributed by atoms with Crippen molar-refractivity contribution >= 4 is 41.9 Å². The van der Waals surface area contributed by atoms with Crippen LogP contribution in [0.5, 0.6) is 0 Å². The van der Waals surface area contributed by atoms with Gasteiger partial charge in [-0.25, -0.2) is 18.8 Å². The van der Waals surface area contributed by atoms with Crippen molar-refractivity contribution in [2.75, 3.05) is 36.8 Å². The van der Waals surface area contributed by atoms with Crippen LogP contribution in [-0.2, 0) is 4.79 Å². The lowest BCUT2D eigenvalue weighted by molar-refractivity contribution is -0.105. The molecule has 0 spiro atoms. The van der Waals surface area contributed by atoms with E-state index in [1.54, 1.807) is 6.20 Å². The SMILES string of the molecule is C=C(NC(C)=N/C=C\C)c1cccc(-c2nc(NCCCN(CC)CC)nc(NC=O)c2/C=C\c2c(F)cccc2F)c1C. The number of nitrogens with zero attached hydrogens (tertiary/aromatic N) is 4. The maximum Gasteiger partial charge on any atom is 0.225 e. The number of halogens is 2. The van der Waals surface area contributed by atoms with Crippen molar-refractivity contribution in [3.8, 4) is 11.3 Å². The maximum absolute atomic E-state index is 14.5. The van der Waals surface area contributed by atoms with Crippen molar-refractivity contribution in [1.29, 1.82) is 0 Å². The van der Waals surface area contributed by atoms with Gasteiger partial charge in [-0.05, 0) is 76.7 Å². The molecular weight excluding hydrogens is 560 g/mol. The lowest BCUT2D eigenvalue weighted by atomic mass is 9.95. The summed E-state index contributed by atoms with van der Waals surface area (Å²) in [4.78, 5) is 27.7. The molecule has 0 bridgehead atoms. The van der Waals surface area contributed by atoms with E-state index in [-0.39, 0.29) is 11.4 Å². The summed E-state index contributed by atoms with van der Waals surface area (Å²) in [6.45, 7) is 17.6. The van der Waals surface area contributed by atoms with Gasteiger partial charge >= 0.3 is 0 Å². The molecule has 3 N–H and O–H groups in total. The van der Waals surface area contributed by atoms with Gasteiger partial charge < -0.3 is 20.9 Å². The molecule has 3 aromatic rings. The number of hydrogen-bond donors (Lipinski definition) is 3. The molecule has 0 aliphatic rings. The second-order valence-electron chi connectivity index (χ2n) is 9.97. The van der Waals surface area contributed by atoms with Gasteiger partial charge in [0.15, 0.2) is 0 Å². The van der Waals surface area contributed by atoms with Crippen molar-refractivity contribution in [3.63, 3.8) is 0 Å². The Bertz CT molecular complexity index is 1520. The number of amides is 1. The number of aromatic nitrogens is 2. The highest BCUT2D eigenvalue weighted by Gasteiger charge is 2.19. The Labute approximate surface area is 258 Å². The van der Waals surface area contributed by atoms with Crippen LogP contribution in [0.1, 0.15) is 56.4 Å². The van der Waals surface area contributed by atoms with E-state index in [9.17, 15) is 13.6 Å². The largest absolute Gasteiger partial charge is 0.354 e. The third kappa shape index (κ3) is 8.90. The smallest absolute Gasteiger partial charge is 0.225 e. The summed E-state index contributed by atoms with van der Waals surface area (Å²) < 4.78 is 29.0. The van der Waals surface area contributed by atoms with Gasteiger partial charge in [-0.2, -0.15) is 4.98 Å². The molecule has 0 saturated heterocycles. The van der Waals surface area contributed by atoms with E-state index < -0.39 is 11.6 Å². The van der Waals surface area contributed by atoms with Gasteiger partial charge in [-0.3, -0.25) is 4.79 Å². The average molecular weight is 602 g/mol. The predicted octanol–water partition coefficient (Wildman–Crippen LogP) is 7.13. The van der Waals surface area contributed by atoms with Crippen molar-refractivity contribution in [2.45, 2.75) is 41.0 Å². The molecule has 232 valence electrons. The van der Waals surface area contributed by atoms with Crippen LogP contribution < -0.4 is 16.0 Å². The van der Waals surface area contributed by atoms with E-state index in [2.05, 4.69) is 51.3 Å². The molecule has 10 heteroatoms. The van der Waals surface area contributed by atoms with Crippen LogP contribution >= 0.6 is 0 Å². The van der Waals surface area contributed by atoms with Gasteiger partial charge in [-0.1, -0.05) is 50.8 Å². The van der Waals surface area contributed by atoms with Crippen LogP contribution in [0.15, 0.2) is 60.2 Å². The summed E-state index contributed by atoms with van der Waals surface area (Å²) in [6, 6.07) is 9.37. The first-order chi connectivity index (χ1) is 21.2. The molecule has 0 saturated carbocycles. The minimum atomic E-state index is -0.712. The molecule has 1 amide bonds. The van der Waals surface area contributed by atoms with Crippen molar-refractivity contribution < 1.29 is 13.6 Å². The molecule has 3 rings (SSSR count). The quantitative estimate of drug-likeness (QED) is 0.0743. The fraction of sp³-hybridized carbons (Fsp3) is 0.294. The standard InChI is InChI=1S/C34H41F2N7O/c1-7-19-37-25(6)40-24(5)26-13-10-14-27(23(26)4)32-29(18-17-28-30(35)15-11-16-31(28)36)33(39-22-44)42-34(41-32)38-20-12-21-43(8-2)9-3/h7,10-11,13-19,22H,5,8-9,12,20-21H2,1-4,6H3,(H,37,40)(H2,38,39,41,42,44)/b18-17-,19-7-. The summed E-state index contributed by atoms with van der Waals surface area (Å²) in [5, 5.41) is 9.15. The van der Waals surface area contributed by atoms with Crippen LogP contribution in [0.2, 0.25) is 0 Å². The summed E-state index contributed by atoms with van der Waals surface area (Å²) >= 11 is 0. The number of nitrogens with one attached hydrogen (secondary N) is 3. The summed E-state index contributed by atoms with van der Waals surface area (Å²) in [5.74, 6) is -0.245. The lowest BCUT2D eigenvalue weighted by Crippen LogP contribution is -2.25. The fourth-order valence-corrected chi connectivity index (χ4v) is 4.68. The molecule has 1 heterocycles. The summed E-state index contributed by atoms with van der Waals surface area (Å²) in [7, 11) is 0. The van der Waals surface area contributed by atoms with Crippen molar-refractivity contribution in [2.24, 2.45) is 4.99 Å². The highest BCUT2D eigenvalue weighted by molar-refractivity contribution is 5.92. The molecular formula is C34H41F2N7O. The minimum absolute atomic E-state index is 0.195. The van der Waals surface area contributed by atoms with E-state index in [4.69, 9.17) is 4.98 Å². The number of aliphatic imine (C=N–C) groups is 1. The van der Waals surface area contributed by atoms with E-state index >= 15 is 0 Å². The number of hydrogen-bond acceptors (Lipinski definition) is 6. The van der Waals surface area contributed by atoms with Crippen LogP contribution in [0.25, 0.3) is 29.1 Å².